The number of halogens is 2. The van der Waals surface area contributed by atoms with Crippen molar-refractivity contribution in [3.8, 4) is 0 Å². The molecule has 176 valence electrons. The summed E-state index contributed by atoms with van der Waals surface area (Å²) in [6.45, 7) is 8.77. The maximum absolute atomic E-state index is 13.1. The lowest BCUT2D eigenvalue weighted by molar-refractivity contribution is 0.0950. The number of anilines is 1. The zero-order valence-corrected chi connectivity index (χ0v) is 20.3. The van der Waals surface area contributed by atoms with Gasteiger partial charge in [-0.3, -0.25) is 9.59 Å². The van der Waals surface area contributed by atoms with Gasteiger partial charge < -0.3 is 19.5 Å². The van der Waals surface area contributed by atoms with Gasteiger partial charge >= 0.3 is 0 Å². The molecule has 1 aliphatic heterocycles. The van der Waals surface area contributed by atoms with Gasteiger partial charge in [0.15, 0.2) is 5.43 Å². The first-order valence-electron chi connectivity index (χ1n) is 10.9. The number of pyridine rings is 1. The highest BCUT2D eigenvalue weighted by Gasteiger charge is 2.15. The topological polar surface area (TPSA) is 63.6 Å². The van der Waals surface area contributed by atoms with Crippen LogP contribution < -0.4 is 15.6 Å². The van der Waals surface area contributed by atoms with E-state index in [2.05, 4.69) is 16.8 Å². The van der Waals surface area contributed by atoms with E-state index in [4.69, 9.17) is 27.9 Å². The molecule has 1 aliphatic rings. The smallest absolute Gasteiger partial charge is 0.251 e. The quantitative estimate of drug-likeness (QED) is 0.484. The third kappa shape index (κ3) is 5.04. The van der Waals surface area contributed by atoms with Crippen LogP contribution in [0.4, 0.5) is 5.69 Å². The predicted octanol–water partition coefficient (Wildman–Crippen LogP) is 5.03. The van der Waals surface area contributed by atoms with Crippen molar-refractivity contribution in [3.63, 3.8) is 0 Å². The molecule has 2 aromatic carbocycles. The maximum Gasteiger partial charge on any atom is 0.251 e. The lowest BCUT2D eigenvalue weighted by atomic mass is 10.1. The molecule has 3 aromatic rings. The standard InChI is InChI=1S/C26H25Cl2N3O3/c1-3-23(17(2)27)31-16-19(25(32)22-9-6-20(28)14-24(22)31)15-29-26(33)18-4-7-21(8-5-18)30-10-12-34-13-11-30/h3-9,14,16H,2,10-13,15H2,1H3,(H,29,33)/b23-3+. The number of nitrogens with one attached hydrogen (secondary N) is 1. The van der Waals surface area contributed by atoms with Crippen LogP contribution in [0.3, 0.4) is 0 Å². The highest BCUT2D eigenvalue weighted by atomic mass is 35.5. The van der Waals surface area contributed by atoms with Gasteiger partial charge in [-0.15, -0.1) is 0 Å². The molecule has 0 radical (unpaired) electrons. The average molecular weight is 498 g/mol. The van der Waals surface area contributed by atoms with E-state index in [9.17, 15) is 9.59 Å². The number of rotatable bonds is 6. The van der Waals surface area contributed by atoms with Gasteiger partial charge in [0.1, 0.15) is 0 Å². The number of carbonyl (C=O) groups is 1. The second-order valence-electron chi connectivity index (χ2n) is 7.92. The number of ether oxygens (including phenoxy) is 1. The molecule has 1 N–H and O–H groups in total. The molecule has 1 amide bonds. The maximum atomic E-state index is 13.1. The molecule has 1 fully saturated rings. The zero-order valence-electron chi connectivity index (χ0n) is 18.8. The Hall–Kier alpha value is -3.06. The van der Waals surface area contributed by atoms with Gasteiger partial charge in [-0.1, -0.05) is 35.9 Å². The number of aromatic nitrogens is 1. The van der Waals surface area contributed by atoms with Gasteiger partial charge in [0.25, 0.3) is 5.91 Å². The number of amides is 1. The number of allylic oxidation sites excluding steroid dienone is 3. The number of fused-ring (bicyclic) bond motifs is 1. The monoisotopic (exact) mass is 497 g/mol. The van der Waals surface area contributed by atoms with Gasteiger partial charge in [-0.05, 0) is 49.4 Å². The van der Waals surface area contributed by atoms with Gasteiger partial charge in [0, 0.05) is 53.1 Å². The summed E-state index contributed by atoms with van der Waals surface area (Å²) in [6.07, 6.45) is 3.48. The summed E-state index contributed by atoms with van der Waals surface area (Å²) in [6, 6.07) is 12.5. The van der Waals surface area contributed by atoms with Crippen LogP contribution in [0.25, 0.3) is 16.6 Å². The van der Waals surface area contributed by atoms with Crippen molar-refractivity contribution in [2.24, 2.45) is 0 Å². The van der Waals surface area contributed by atoms with Crippen LogP contribution in [-0.4, -0.2) is 36.8 Å². The van der Waals surface area contributed by atoms with Crippen LogP contribution >= 0.6 is 23.2 Å². The second kappa shape index (κ2) is 10.5. The highest BCUT2D eigenvalue weighted by Crippen LogP contribution is 2.25. The van der Waals surface area contributed by atoms with Gasteiger partial charge in [-0.25, -0.2) is 0 Å². The van der Waals surface area contributed by atoms with Gasteiger partial charge in [0.2, 0.25) is 0 Å². The van der Waals surface area contributed by atoms with Crippen LogP contribution in [0.5, 0.6) is 0 Å². The Kier molecular flexibility index (Phi) is 7.41. The van der Waals surface area contributed by atoms with E-state index in [1.165, 1.54) is 0 Å². The first kappa shape index (κ1) is 24.1. The number of hydrogen-bond acceptors (Lipinski definition) is 4. The molecular formula is C26H25Cl2N3O3. The lowest BCUT2D eigenvalue weighted by Crippen LogP contribution is -2.36. The van der Waals surface area contributed by atoms with Crippen molar-refractivity contribution in [3.05, 3.63) is 92.7 Å². The van der Waals surface area contributed by atoms with Crippen LogP contribution in [0.1, 0.15) is 22.8 Å². The SMILES string of the molecule is C=C(Cl)/C(=C\C)n1cc(CNC(=O)c2ccc(N3CCOCC3)cc2)c(=O)c2ccc(Cl)cc21. The third-order valence-electron chi connectivity index (χ3n) is 5.80. The molecule has 0 bridgehead atoms. The Morgan fingerprint density at radius 3 is 2.53 bits per heavy atom. The van der Waals surface area contributed by atoms with Crippen molar-refractivity contribution in [2.45, 2.75) is 13.5 Å². The van der Waals surface area contributed by atoms with E-state index in [-0.39, 0.29) is 17.9 Å². The molecule has 0 spiro atoms. The average Bonchev–Trinajstić information content (AvgIpc) is 2.85. The van der Waals surface area contributed by atoms with Gasteiger partial charge in [-0.2, -0.15) is 0 Å². The largest absolute Gasteiger partial charge is 0.378 e. The summed E-state index contributed by atoms with van der Waals surface area (Å²) in [5.41, 5.74) is 3.05. The van der Waals surface area contributed by atoms with E-state index in [1.54, 1.807) is 47.2 Å². The first-order chi connectivity index (χ1) is 16.4. The fourth-order valence-electron chi connectivity index (χ4n) is 4.03. The first-order valence-corrected chi connectivity index (χ1v) is 11.7. The number of benzene rings is 2. The summed E-state index contributed by atoms with van der Waals surface area (Å²) in [7, 11) is 0. The van der Waals surface area contributed by atoms with E-state index in [1.807, 2.05) is 19.1 Å². The summed E-state index contributed by atoms with van der Waals surface area (Å²) in [4.78, 5) is 28.2. The molecule has 6 nitrogen and oxygen atoms in total. The number of morpholine rings is 1. The Morgan fingerprint density at radius 2 is 1.88 bits per heavy atom. The van der Waals surface area contributed by atoms with Crippen LogP contribution in [0.15, 0.2) is 71.1 Å². The molecule has 34 heavy (non-hydrogen) atoms. The number of hydrogen-bond donors (Lipinski definition) is 1. The predicted molar refractivity (Wildman–Crippen MR) is 139 cm³/mol. The van der Waals surface area contributed by atoms with E-state index < -0.39 is 0 Å². The van der Waals surface area contributed by atoms with Crippen molar-refractivity contribution in [1.82, 2.24) is 9.88 Å². The van der Waals surface area contributed by atoms with Crippen molar-refractivity contribution >= 4 is 51.4 Å². The molecule has 0 unspecified atom stereocenters. The normalized spacial score (nSPS) is 14.3. The Bertz CT molecular complexity index is 1320. The Balaban J connectivity index is 1.59. The minimum Gasteiger partial charge on any atom is -0.378 e. The van der Waals surface area contributed by atoms with Gasteiger partial charge in [0.05, 0.1) is 29.5 Å². The lowest BCUT2D eigenvalue weighted by Gasteiger charge is -2.28. The van der Waals surface area contributed by atoms with E-state index in [0.29, 0.717) is 51.0 Å². The second-order valence-corrected chi connectivity index (χ2v) is 8.82. The summed E-state index contributed by atoms with van der Waals surface area (Å²) in [5, 5.41) is 4.15. The van der Waals surface area contributed by atoms with Crippen LogP contribution in [0, 0.1) is 0 Å². The minimum atomic E-state index is -0.260. The van der Waals surface area contributed by atoms with Crippen molar-refractivity contribution < 1.29 is 9.53 Å². The fraction of sp³-hybridized carbons (Fsp3) is 0.231. The van der Waals surface area contributed by atoms with Crippen molar-refractivity contribution in [2.75, 3.05) is 31.2 Å². The van der Waals surface area contributed by atoms with E-state index >= 15 is 0 Å². The number of nitrogens with zero attached hydrogens (tertiary/aromatic N) is 2. The molecule has 1 saturated heterocycles. The minimum absolute atomic E-state index is 0.0627. The van der Waals surface area contributed by atoms with Crippen LogP contribution in [0.2, 0.25) is 5.02 Å². The molecule has 2 heterocycles. The Morgan fingerprint density at radius 1 is 1.18 bits per heavy atom. The fourth-order valence-corrected chi connectivity index (χ4v) is 4.39. The Labute approximate surface area is 208 Å². The molecular weight excluding hydrogens is 473 g/mol. The molecule has 0 aliphatic carbocycles. The summed E-state index contributed by atoms with van der Waals surface area (Å²) >= 11 is 12.4. The van der Waals surface area contributed by atoms with Crippen LogP contribution in [-0.2, 0) is 11.3 Å². The molecule has 4 rings (SSSR count). The third-order valence-corrected chi connectivity index (χ3v) is 6.23. The van der Waals surface area contributed by atoms with Crippen molar-refractivity contribution in [1.29, 1.82) is 0 Å². The molecule has 0 atom stereocenters. The summed E-state index contributed by atoms with van der Waals surface area (Å²) < 4.78 is 7.16. The number of carbonyl (C=O) groups excluding carboxylic acids is 1. The zero-order chi connectivity index (χ0) is 24.2. The molecule has 1 aromatic heterocycles. The van der Waals surface area contributed by atoms with E-state index in [0.717, 1.165) is 18.8 Å². The summed E-state index contributed by atoms with van der Waals surface area (Å²) in [5.74, 6) is -0.260. The molecule has 8 heteroatoms. The molecule has 0 saturated carbocycles. The highest BCUT2D eigenvalue weighted by molar-refractivity contribution is 6.35.